The van der Waals surface area contributed by atoms with Gasteiger partial charge in [0, 0.05) is 23.7 Å². The predicted octanol–water partition coefficient (Wildman–Crippen LogP) is 3.64. The Bertz CT molecular complexity index is 404. The lowest BCUT2D eigenvalue weighted by atomic mass is 10.1. The number of nitrogens with one attached hydrogen (secondary N) is 1. The first-order valence-corrected chi connectivity index (χ1v) is 7.49. The standard InChI is InChI=1S/C17H29NO3/c1-13(8-7-9-18-17(2,3)4)21-16-11-14(19-5)10-15(12-16)20-6/h10-13,18H,7-9H2,1-6H3. The SMILES string of the molecule is COc1cc(OC)cc(OC(C)CCCNC(C)(C)C)c1. The lowest BCUT2D eigenvalue weighted by molar-refractivity contribution is 0.204. The molecule has 0 amide bonds. The summed E-state index contributed by atoms with van der Waals surface area (Å²) >= 11 is 0. The Morgan fingerprint density at radius 1 is 1.00 bits per heavy atom. The van der Waals surface area contributed by atoms with Gasteiger partial charge in [0.15, 0.2) is 0 Å². The Kier molecular flexibility index (Phi) is 6.82. The topological polar surface area (TPSA) is 39.7 Å². The fourth-order valence-corrected chi connectivity index (χ4v) is 1.99. The molecule has 0 bridgehead atoms. The molecule has 0 aliphatic carbocycles. The van der Waals surface area contributed by atoms with Crippen molar-refractivity contribution in [1.29, 1.82) is 0 Å². The van der Waals surface area contributed by atoms with Gasteiger partial charge >= 0.3 is 0 Å². The Labute approximate surface area is 128 Å². The second-order valence-electron chi connectivity index (χ2n) is 6.30. The first kappa shape index (κ1) is 17.6. The molecule has 1 unspecified atom stereocenters. The summed E-state index contributed by atoms with van der Waals surface area (Å²) in [6, 6.07) is 5.60. The van der Waals surface area contributed by atoms with Gasteiger partial charge in [0.25, 0.3) is 0 Å². The average molecular weight is 295 g/mol. The predicted molar refractivity (Wildman–Crippen MR) is 86.6 cm³/mol. The fourth-order valence-electron chi connectivity index (χ4n) is 1.99. The molecule has 0 fully saturated rings. The van der Waals surface area contributed by atoms with E-state index >= 15 is 0 Å². The molecule has 0 heterocycles. The highest BCUT2D eigenvalue weighted by Crippen LogP contribution is 2.28. The Morgan fingerprint density at radius 2 is 1.52 bits per heavy atom. The van der Waals surface area contributed by atoms with Crippen molar-refractivity contribution >= 4 is 0 Å². The quantitative estimate of drug-likeness (QED) is 0.743. The molecular weight excluding hydrogens is 266 g/mol. The van der Waals surface area contributed by atoms with E-state index in [1.54, 1.807) is 14.2 Å². The Morgan fingerprint density at radius 3 is 2.00 bits per heavy atom. The zero-order chi connectivity index (χ0) is 15.9. The van der Waals surface area contributed by atoms with Gasteiger partial charge < -0.3 is 19.5 Å². The summed E-state index contributed by atoms with van der Waals surface area (Å²) in [6.45, 7) is 9.61. The normalized spacial score (nSPS) is 12.9. The van der Waals surface area contributed by atoms with Crippen LogP contribution in [-0.2, 0) is 0 Å². The summed E-state index contributed by atoms with van der Waals surface area (Å²) in [6.07, 6.45) is 2.24. The Balaban J connectivity index is 2.45. The van der Waals surface area contributed by atoms with E-state index in [4.69, 9.17) is 14.2 Å². The van der Waals surface area contributed by atoms with Gasteiger partial charge in [0.1, 0.15) is 17.2 Å². The van der Waals surface area contributed by atoms with Crippen LogP contribution in [0.25, 0.3) is 0 Å². The summed E-state index contributed by atoms with van der Waals surface area (Å²) in [5, 5.41) is 3.48. The molecule has 4 heteroatoms. The van der Waals surface area contributed by atoms with Crippen molar-refractivity contribution in [1.82, 2.24) is 5.32 Å². The summed E-state index contributed by atoms with van der Waals surface area (Å²) in [4.78, 5) is 0. The van der Waals surface area contributed by atoms with E-state index in [1.165, 1.54) is 0 Å². The summed E-state index contributed by atoms with van der Waals surface area (Å²) in [5.74, 6) is 2.26. The molecule has 1 N–H and O–H groups in total. The molecule has 21 heavy (non-hydrogen) atoms. The number of ether oxygens (including phenoxy) is 3. The van der Waals surface area contributed by atoms with Gasteiger partial charge in [0.2, 0.25) is 0 Å². The number of hydrogen-bond acceptors (Lipinski definition) is 4. The zero-order valence-electron chi connectivity index (χ0n) is 14.2. The van der Waals surface area contributed by atoms with E-state index in [0.29, 0.717) is 0 Å². The van der Waals surface area contributed by atoms with Crippen LogP contribution in [0.3, 0.4) is 0 Å². The third-order valence-electron chi connectivity index (χ3n) is 3.10. The van der Waals surface area contributed by atoms with Crippen LogP contribution in [0.4, 0.5) is 0 Å². The second-order valence-corrected chi connectivity index (χ2v) is 6.30. The first-order chi connectivity index (χ1) is 9.84. The van der Waals surface area contributed by atoms with Crippen LogP contribution in [0.1, 0.15) is 40.5 Å². The Hall–Kier alpha value is -1.42. The number of hydrogen-bond donors (Lipinski definition) is 1. The van der Waals surface area contributed by atoms with E-state index in [2.05, 4.69) is 33.0 Å². The highest BCUT2D eigenvalue weighted by Gasteiger charge is 2.10. The van der Waals surface area contributed by atoms with E-state index < -0.39 is 0 Å². The molecule has 0 saturated heterocycles. The molecule has 0 radical (unpaired) electrons. The summed E-state index contributed by atoms with van der Waals surface area (Å²) in [5.41, 5.74) is 0.171. The van der Waals surface area contributed by atoms with E-state index in [1.807, 2.05) is 18.2 Å². The second kappa shape index (κ2) is 8.13. The number of benzene rings is 1. The summed E-state index contributed by atoms with van der Waals surface area (Å²) in [7, 11) is 3.28. The van der Waals surface area contributed by atoms with Gasteiger partial charge in [0.05, 0.1) is 20.3 Å². The lowest BCUT2D eigenvalue weighted by Gasteiger charge is -2.21. The van der Waals surface area contributed by atoms with Gasteiger partial charge in [-0.3, -0.25) is 0 Å². The minimum absolute atomic E-state index is 0.156. The highest BCUT2D eigenvalue weighted by atomic mass is 16.5. The minimum atomic E-state index is 0.156. The van der Waals surface area contributed by atoms with Gasteiger partial charge in [-0.1, -0.05) is 0 Å². The van der Waals surface area contributed by atoms with Crippen LogP contribution >= 0.6 is 0 Å². The van der Waals surface area contributed by atoms with Crippen molar-refractivity contribution in [3.05, 3.63) is 18.2 Å². The third-order valence-corrected chi connectivity index (χ3v) is 3.10. The molecule has 1 aromatic carbocycles. The smallest absolute Gasteiger partial charge is 0.127 e. The van der Waals surface area contributed by atoms with Crippen LogP contribution in [0.2, 0.25) is 0 Å². The van der Waals surface area contributed by atoms with Crippen LogP contribution in [0.15, 0.2) is 18.2 Å². The monoisotopic (exact) mass is 295 g/mol. The molecule has 4 nitrogen and oxygen atoms in total. The maximum Gasteiger partial charge on any atom is 0.127 e. The van der Waals surface area contributed by atoms with E-state index in [-0.39, 0.29) is 11.6 Å². The molecule has 0 saturated carbocycles. The minimum Gasteiger partial charge on any atom is -0.496 e. The number of rotatable bonds is 8. The molecule has 1 atom stereocenters. The molecule has 0 aromatic heterocycles. The van der Waals surface area contributed by atoms with Gasteiger partial charge in [-0.2, -0.15) is 0 Å². The molecule has 0 aliphatic rings. The molecule has 0 spiro atoms. The van der Waals surface area contributed by atoms with Crippen LogP contribution < -0.4 is 19.5 Å². The maximum atomic E-state index is 5.94. The van der Waals surface area contributed by atoms with Gasteiger partial charge in [-0.25, -0.2) is 0 Å². The maximum absolute atomic E-state index is 5.94. The van der Waals surface area contributed by atoms with Crippen molar-refractivity contribution in [3.63, 3.8) is 0 Å². The third kappa shape index (κ3) is 7.23. The zero-order valence-corrected chi connectivity index (χ0v) is 14.2. The van der Waals surface area contributed by atoms with E-state index in [0.717, 1.165) is 36.6 Å². The first-order valence-electron chi connectivity index (χ1n) is 7.49. The highest BCUT2D eigenvalue weighted by molar-refractivity contribution is 5.42. The van der Waals surface area contributed by atoms with Crippen LogP contribution in [0.5, 0.6) is 17.2 Å². The molecule has 1 aromatic rings. The molecule has 1 rings (SSSR count). The van der Waals surface area contributed by atoms with Gasteiger partial charge in [-0.15, -0.1) is 0 Å². The summed E-state index contributed by atoms with van der Waals surface area (Å²) < 4.78 is 16.4. The number of methoxy groups -OCH3 is 2. The van der Waals surface area contributed by atoms with Crippen LogP contribution in [0, 0.1) is 0 Å². The lowest BCUT2D eigenvalue weighted by Crippen LogP contribution is -2.36. The van der Waals surface area contributed by atoms with Crippen molar-refractivity contribution in [3.8, 4) is 17.2 Å². The van der Waals surface area contributed by atoms with Gasteiger partial charge in [-0.05, 0) is 47.1 Å². The molecule has 0 aliphatic heterocycles. The average Bonchev–Trinajstić information content (AvgIpc) is 2.42. The van der Waals surface area contributed by atoms with Crippen molar-refractivity contribution in [2.75, 3.05) is 20.8 Å². The molecular formula is C17H29NO3. The van der Waals surface area contributed by atoms with Crippen LogP contribution in [-0.4, -0.2) is 32.4 Å². The fraction of sp³-hybridized carbons (Fsp3) is 0.647. The van der Waals surface area contributed by atoms with E-state index in [9.17, 15) is 0 Å². The van der Waals surface area contributed by atoms with Crippen molar-refractivity contribution in [2.24, 2.45) is 0 Å². The largest absolute Gasteiger partial charge is 0.496 e. The van der Waals surface area contributed by atoms with Crippen molar-refractivity contribution in [2.45, 2.75) is 52.2 Å². The van der Waals surface area contributed by atoms with Crippen molar-refractivity contribution < 1.29 is 14.2 Å². The molecule has 120 valence electrons.